The first kappa shape index (κ1) is 17.4. The zero-order chi connectivity index (χ0) is 17.2. The summed E-state index contributed by atoms with van der Waals surface area (Å²) in [5, 5.41) is 8.27. The van der Waals surface area contributed by atoms with Gasteiger partial charge in [0.15, 0.2) is 9.84 Å². The lowest BCUT2D eigenvalue weighted by atomic mass is 9.93. The Kier molecular flexibility index (Phi) is 5.03. The summed E-state index contributed by atoms with van der Waals surface area (Å²) >= 11 is 0. The van der Waals surface area contributed by atoms with Crippen LogP contribution in [-0.4, -0.2) is 59.9 Å². The number of amides is 1. The van der Waals surface area contributed by atoms with Crippen molar-refractivity contribution in [2.24, 2.45) is 0 Å². The largest absolute Gasteiger partial charge is 0.477 e. The zero-order valence-electron chi connectivity index (χ0n) is 13.1. The van der Waals surface area contributed by atoms with E-state index in [1.54, 1.807) is 7.05 Å². The molecule has 23 heavy (non-hydrogen) atoms. The number of carboxylic acids is 1. The fourth-order valence-corrected chi connectivity index (χ4v) is 4.51. The van der Waals surface area contributed by atoms with Gasteiger partial charge in [-0.05, 0) is 25.0 Å². The molecule has 0 bridgehead atoms. The molecular formula is C15H20N2O5S. The van der Waals surface area contributed by atoms with Gasteiger partial charge in [-0.25, -0.2) is 18.2 Å². The van der Waals surface area contributed by atoms with E-state index in [0.29, 0.717) is 12.8 Å². The maximum Gasteiger partial charge on any atom is 0.354 e. The topological polar surface area (TPSA) is 105 Å². The summed E-state index contributed by atoms with van der Waals surface area (Å²) in [6, 6.07) is 2.29. The van der Waals surface area contributed by atoms with Crippen molar-refractivity contribution in [1.82, 2.24) is 9.88 Å². The van der Waals surface area contributed by atoms with Gasteiger partial charge in [-0.15, -0.1) is 0 Å². The second-order valence-corrected chi connectivity index (χ2v) is 8.14. The molecule has 1 heterocycles. The maximum atomic E-state index is 12.5. The van der Waals surface area contributed by atoms with Crippen molar-refractivity contribution in [2.75, 3.05) is 13.3 Å². The minimum absolute atomic E-state index is 0.143. The van der Waals surface area contributed by atoms with Crippen LogP contribution < -0.4 is 0 Å². The number of carbonyl (C=O) groups is 2. The van der Waals surface area contributed by atoms with Gasteiger partial charge >= 0.3 is 5.97 Å². The molecule has 0 saturated heterocycles. The van der Waals surface area contributed by atoms with Crippen LogP contribution in [0.3, 0.4) is 0 Å². The van der Waals surface area contributed by atoms with Crippen molar-refractivity contribution >= 4 is 21.7 Å². The Hall–Kier alpha value is -1.96. The Morgan fingerprint density at radius 1 is 1.26 bits per heavy atom. The number of aromatic carboxylic acids is 1. The van der Waals surface area contributed by atoms with Gasteiger partial charge in [0, 0.05) is 25.5 Å². The van der Waals surface area contributed by atoms with Crippen molar-refractivity contribution in [2.45, 2.75) is 37.0 Å². The minimum atomic E-state index is -3.24. The van der Waals surface area contributed by atoms with Crippen LogP contribution in [0, 0.1) is 0 Å². The van der Waals surface area contributed by atoms with Gasteiger partial charge in [-0.2, -0.15) is 0 Å². The van der Waals surface area contributed by atoms with Crippen LogP contribution in [0.5, 0.6) is 0 Å². The number of sulfone groups is 1. The second-order valence-electron chi connectivity index (χ2n) is 5.87. The first-order chi connectivity index (χ1) is 10.7. The second kappa shape index (κ2) is 6.66. The van der Waals surface area contributed by atoms with Crippen LogP contribution in [-0.2, 0) is 9.84 Å². The predicted octanol–water partition coefficient (Wildman–Crippen LogP) is 1.21. The van der Waals surface area contributed by atoms with E-state index < -0.39 is 21.1 Å². The quantitative estimate of drug-likeness (QED) is 0.883. The number of nitrogens with zero attached hydrogens (tertiary/aromatic N) is 2. The molecule has 1 amide bonds. The van der Waals surface area contributed by atoms with Crippen LogP contribution in [0.25, 0.3) is 0 Å². The van der Waals surface area contributed by atoms with Crippen LogP contribution in [0.1, 0.15) is 46.5 Å². The predicted molar refractivity (Wildman–Crippen MR) is 84.2 cm³/mol. The normalized spacial score (nSPS) is 21.7. The number of carboxylic acid groups (broad SMARTS) is 1. The molecule has 2 atom stereocenters. The molecule has 1 aliphatic carbocycles. The number of hydrogen-bond donors (Lipinski definition) is 1. The minimum Gasteiger partial charge on any atom is -0.477 e. The van der Waals surface area contributed by atoms with Gasteiger partial charge in [0.25, 0.3) is 5.91 Å². The molecule has 2 unspecified atom stereocenters. The van der Waals surface area contributed by atoms with Crippen molar-refractivity contribution < 1.29 is 23.1 Å². The molecule has 0 radical (unpaired) electrons. The lowest BCUT2D eigenvalue weighted by molar-refractivity contribution is 0.0679. The average Bonchev–Trinajstić information content (AvgIpc) is 2.52. The lowest BCUT2D eigenvalue weighted by Crippen LogP contribution is -2.49. The molecule has 126 valence electrons. The summed E-state index contributed by atoms with van der Waals surface area (Å²) in [7, 11) is -1.66. The Morgan fingerprint density at radius 2 is 1.91 bits per heavy atom. The van der Waals surface area contributed by atoms with Crippen LogP contribution in [0.2, 0.25) is 0 Å². The highest BCUT2D eigenvalue weighted by Gasteiger charge is 2.37. The molecule has 0 aromatic carbocycles. The first-order valence-corrected chi connectivity index (χ1v) is 9.32. The van der Waals surface area contributed by atoms with Crippen molar-refractivity contribution in [3.05, 3.63) is 29.6 Å². The molecule has 1 aromatic heterocycles. The van der Waals surface area contributed by atoms with E-state index in [1.165, 1.54) is 29.5 Å². The molecule has 8 heteroatoms. The van der Waals surface area contributed by atoms with Crippen LogP contribution in [0.15, 0.2) is 18.3 Å². The van der Waals surface area contributed by atoms with E-state index in [1.807, 2.05) is 0 Å². The van der Waals surface area contributed by atoms with E-state index in [4.69, 9.17) is 5.11 Å². The molecule has 2 rings (SSSR count). The van der Waals surface area contributed by atoms with E-state index in [-0.39, 0.29) is 23.2 Å². The molecule has 1 N–H and O–H groups in total. The molecule has 0 aliphatic heterocycles. The number of rotatable bonds is 4. The highest BCUT2D eigenvalue weighted by Crippen LogP contribution is 2.28. The molecular weight excluding hydrogens is 320 g/mol. The van der Waals surface area contributed by atoms with Gasteiger partial charge in [0.05, 0.1) is 10.8 Å². The van der Waals surface area contributed by atoms with Crippen LogP contribution in [0.4, 0.5) is 0 Å². The van der Waals surface area contributed by atoms with Crippen molar-refractivity contribution in [3.63, 3.8) is 0 Å². The number of carbonyl (C=O) groups excluding carboxylic acids is 1. The highest BCUT2D eigenvalue weighted by atomic mass is 32.2. The van der Waals surface area contributed by atoms with Crippen molar-refractivity contribution in [1.29, 1.82) is 0 Å². The standard InChI is InChI=1S/C15H20N2O5S/c1-17(12-5-3-4-6-13(12)23(2,21)22)14(18)10-7-8-11(15(19)20)16-9-10/h7-9,12-13H,3-6H2,1-2H3,(H,19,20). The molecule has 1 fully saturated rings. The summed E-state index contributed by atoms with van der Waals surface area (Å²) in [6.45, 7) is 0. The lowest BCUT2D eigenvalue weighted by Gasteiger charge is -2.37. The SMILES string of the molecule is CN(C(=O)c1ccc(C(=O)O)nc1)C1CCCCC1S(C)(=O)=O. The first-order valence-electron chi connectivity index (χ1n) is 7.37. The fourth-order valence-electron chi connectivity index (χ4n) is 3.02. The van der Waals surface area contributed by atoms with E-state index in [9.17, 15) is 18.0 Å². The van der Waals surface area contributed by atoms with Gasteiger partial charge in [0.2, 0.25) is 0 Å². The fraction of sp³-hybridized carbons (Fsp3) is 0.533. The third-order valence-corrected chi connectivity index (χ3v) is 5.91. The van der Waals surface area contributed by atoms with Gasteiger partial charge in [0.1, 0.15) is 5.69 Å². The summed E-state index contributed by atoms with van der Waals surface area (Å²) in [5.41, 5.74) is 0.103. The third kappa shape index (κ3) is 3.87. The smallest absolute Gasteiger partial charge is 0.354 e. The van der Waals surface area contributed by atoms with Gasteiger partial charge in [-0.3, -0.25) is 4.79 Å². The maximum absolute atomic E-state index is 12.5. The molecule has 1 aliphatic rings. The average molecular weight is 340 g/mol. The Balaban J connectivity index is 2.22. The number of aromatic nitrogens is 1. The van der Waals surface area contributed by atoms with Gasteiger partial charge in [-0.1, -0.05) is 12.8 Å². The zero-order valence-corrected chi connectivity index (χ0v) is 13.9. The summed E-state index contributed by atoms with van der Waals surface area (Å²) < 4.78 is 23.9. The summed E-state index contributed by atoms with van der Waals surface area (Å²) in [6.07, 6.45) is 5.33. The summed E-state index contributed by atoms with van der Waals surface area (Å²) in [5.74, 6) is -1.52. The number of pyridine rings is 1. The number of hydrogen-bond acceptors (Lipinski definition) is 5. The molecule has 1 saturated carbocycles. The Labute approximate surface area is 135 Å². The Morgan fingerprint density at radius 3 is 2.43 bits per heavy atom. The molecule has 0 spiro atoms. The van der Waals surface area contributed by atoms with Crippen molar-refractivity contribution in [3.8, 4) is 0 Å². The molecule has 1 aromatic rings. The van der Waals surface area contributed by atoms with E-state index in [2.05, 4.69) is 4.98 Å². The van der Waals surface area contributed by atoms with Crippen LogP contribution >= 0.6 is 0 Å². The van der Waals surface area contributed by atoms with E-state index in [0.717, 1.165) is 12.8 Å². The summed E-state index contributed by atoms with van der Waals surface area (Å²) in [4.78, 5) is 28.5. The molecule has 7 nitrogen and oxygen atoms in total. The van der Waals surface area contributed by atoms with E-state index >= 15 is 0 Å². The Bertz CT molecular complexity index is 699. The third-order valence-electron chi connectivity index (χ3n) is 4.26. The monoisotopic (exact) mass is 340 g/mol. The highest BCUT2D eigenvalue weighted by molar-refractivity contribution is 7.91. The van der Waals surface area contributed by atoms with Gasteiger partial charge < -0.3 is 10.0 Å².